The summed E-state index contributed by atoms with van der Waals surface area (Å²) in [5.74, 6) is 1.26. The van der Waals surface area contributed by atoms with E-state index < -0.39 is 5.60 Å². The molecule has 18 heavy (non-hydrogen) atoms. The molecule has 3 fully saturated rings. The molecule has 1 N–H and O–H groups in total. The summed E-state index contributed by atoms with van der Waals surface area (Å²) >= 11 is 0. The maximum Gasteiger partial charge on any atom is 0.0686 e. The third kappa shape index (κ3) is 2.46. The van der Waals surface area contributed by atoms with E-state index in [4.69, 9.17) is 4.74 Å². The fourth-order valence-electron chi connectivity index (χ4n) is 4.37. The van der Waals surface area contributed by atoms with Crippen LogP contribution in [0.2, 0.25) is 0 Å². The second kappa shape index (κ2) is 4.79. The van der Waals surface area contributed by atoms with Crippen molar-refractivity contribution < 1.29 is 9.84 Å². The number of hydrogen-bond donors (Lipinski definition) is 1. The number of aliphatic hydroxyl groups is 1. The van der Waals surface area contributed by atoms with Crippen molar-refractivity contribution in [3.63, 3.8) is 0 Å². The van der Waals surface area contributed by atoms with Crippen molar-refractivity contribution in [2.24, 2.45) is 11.8 Å². The van der Waals surface area contributed by atoms with Gasteiger partial charge in [0.2, 0.25) is 0 Å². The monoisotopic (exact) mass is 252 g/mol. The summed E-state index contributed by atoms with van der Waals surface area (Å²) in [6, 6.07) is 0. The van der Waals surface area contributed by atoms with Crippen molar-refractivity contribution in [2.75, 3.05) is 6.61 Å². The van der Waals surface area contributed by atoms with E-state index in [1.165, 1.54) is 44.9 Å². The highest BCUT2D eigenvalue weighted by Crippen LogP contribution is 2.47. The topological polar surface area (TPSA) is 29.5 Å². The first-order valence-electron chi connectivity index (χ1n) is 7.96. The minimum absolute atomic E-state index is 0.145. The Balaban J connectivity index is 1.63. The summed E-state index contributed by atoms with van der Waals surface area (Å²) in [4.78, 5) is 0. The lowest BCUT2D eigenvalue weighted by Gasteiger charge is -2.46. The molecule has 3 aliphatic rings. The average molecular weight is 252 g/mol. The lowest BCUT2D eigenvalue weighted by Crippen LogP contribution is -2.47. The summed E-state index contributed by atoms with van der Waals surface area (Å²) in [5, 5.41) is 10.9. The van der Waals surface area contributed by atoms with Crippen molar-refractivity contribution >= 4 is 0 Å². The Kier molecular flexibility index (Phi) is 3.44. The van der Waals surface area contributed by atoms with Crippen molar-refractivity contribution in [3.05, 3.63) is 0 Å². The molecule has 0 radical (unpaired) electrons. The van der Waals surface area contributed by atoms with Crippen molar-refractivity contribution in [3.8, 4) is 0 Å². The standard InChI is InChI=1S/C16H28O2/c1-15(17,11-13-5-4-6-13)14-7-10-18-16(12-14)8-2-3-9-16/h13-14,17H,2-12H2,1H3. The van der Waals surface area contributed by atoms with E-state index in [9.17, 15) is 5.11 Å². The van der Waals surface area contributed by atoms with Gasteiger partial charge in [0.15, 0.2) is 0 Å². The molecule has 2 saturated carbocycles. The van der Waals surface area contributed by atoms with Gasteiger partial charge in [-0.15, -0.1) is 0 Å². The number of hydrogen-bond acceptors (Lipinski definition) is 2. The highest BCUT2D eigenvalue weighted by Gasteiger charge is 2.46. The van der Waals surface area contributed by atoms with Gasteiger partial charge in [0, 0.05) is 6.61 Å². The van der Waals surface area contributed by atoms with Gasteiger partial charge >= 0.3 is 0 Å². The molecule has 1 aliphatic heterocycles. The molecule has 2 heteroatoms. The van der Waals surface area contributed by atoms with Crippen LogP contribution < -0.4 is 0 Å². The zero-order valence-electron chi connectivity index (χ0n) is 11.8. The number of ether oxygens (including phenoxy) is 1. The minimum atomic E-state index is -0.454. The van der Waals surface area contributed by atoms with Gasteiger partial charge in [0.05, 0.1) is 11.2 Å². The third-order valence-corrected chi connectivity index (χ3v) is 5.81. The van der Waals surface area contributed by atoms with Crippen LogP contribution in [0.3, 0.4) is 0 Å². The normalized spacial score (nSPS) is 35.3. The Bertz CT molecular complexity index is 287. The maximum atomic E-state index is 10.9. The molecule has 1 spiro atoms. The second-order valence-electron chi connectivity index (χ2n) is 7.29. The molecule has 0 bridgehead atoms. The minimum Gasteiger partial charge on any atom is -0.390 e. The first-order valence-corrected chi connectivity index (χ1v) is 7.96. The molecule has 0 amide bonds. The lowest BCUT2D eigenvalue weighted by molar-refractivity contribution is -0.142. The second-order valence-corrected chi connectivity index (χ2v) is 7.29. The Labute approximate surface area is 111 Å². The van der Waals surface area contributed by atoms with Crippen molar-refractivity contribution in [1.82, 2.24) is 0 Å². The Morgan fingerprint density at radius 3 is 2.50 bits per heavy atom. The van der Waals surface area contributed by atoms with Gasteiger partial charge in [-0.2, -0.15) is 0 Å². The van der Waals surface area contributed by atoms with Crippen LogP contribution >= 0.6 is 0 Å². The van der Waals surface area contributed by atoms with Gasteiger partial charge < -0.3 is 9.84 Å². The van der Waals surface area contributed by atoms with E-state index in [0.717, 1.165) is 31.8 Å². The summed E-state index contributed by atoms with van der Waals surface area (Å²) in [6.45, 7) is 2.95. The summed E-state index contributed by atoms with van der Waals surface area (Å²) in [7, 11) is 0. The molecule has 2 atom stereocenters. The van der Waals surface area contributed by atoms with Gasteiger partial charge in [-0.3, -0.25) is 0 Å². The van der Waals surface area contributed by atoms with Crippen LogP contribution in [0.25, 0.3) is 0 Å². The average Bonchev–Trinajstić information content (AvgIpc) is 2.72. The largest absolute Gasteiger partial charge is 0.390 e. The Hall–Kier alpha value is -0.0800. The van der Waals surface area contributed by atoms with Gasteiger partial charge in [-0.05, 0) is 50.9 Å². The van der Waals surface area contributed by atoms with Crippen molar-refractivity contribution in [1.29, 1.82) is 0 Å². The summed E-state index contributed by atoms with van der Waals surface area (Å²) in [5.41, 5.74) is -0.309. The van der Waals surface area contributed by atoms with Crippen LogP contribution in [-0.2, 0) is 4.74 Å². The molecule has 1 saturated heterocycles. The molecule has 2 aliphatic carbocycles. The summed E-state index contributed by atoms with van der Waals surface area (Å²) in [6.07, 6.45) is 12.3. The molecule has 2 unspecified atom stereocenters. The Morgan fingerprint density at radius 1 is 1.17 bits per heavy atom. The fraction of sp³-hybridized carbons (Fsp3) is 1.00. The van der Waals surface area contributed by atoms with E-state index in [1.54, 1.807) is 0 Å². The maximum absolute atomic E-state index is 10.9. The summed E-state index contributed by atoms with van der Waals surface area (Å²) < 4.78 is 6.09. The van der Waals surface area contributed by atoms with Crippen molar-refractivity contribution in [2.45, 2.75) is 82.3 Å². The highest BCUT2D eigenvalue weighted by atomic mass is 16.5. The third-order valence-electron chi connectivity index (χ3n) is 5.81. The molecular formula is C16H28O2. The SMILES string of the molecule is CC(O)(CC1CCC1)C1CCOC2(CCCC2)C1. The predicted molar refractivity (Wildman–Crippen MR) is 72.5 cm³/mol. The predicted octanol–water partition coefficient (Wildman–Crippen LogP) is 3.67. The van der Waals surface area contributed by atoms with E-state index in [1.807, 2.05) is 0 Å². The van der Waals surface area contributed by atoms with Crippen LogP contribution in [0.4, 0.5) is 0 Å². The van der Waals surface area contributed by atoms with Crippen LogP contribution in [0.1, 0.15) is 71.1 Å². The molecule has 0 aromatic rings. The van der Waals surface area contributed by atoms with Gasteiger partial charge in [0.25, 0.3) is 0 Å². The van der Waals surface area contributed by atoms with Gasteiger partial charge in [0.1, 0.15) is 0 Å². The van der Waals surface area contributed by atoms with E-state index >= 15 is 0 Å². The lowest BCUT2D eigenvalue weighted by atomic mass is 9.69. The van der Waals surface area contributed by atoms with E-state index in [0.29, 0.717) is 5.92 Å². The first-order chi connectivity index (χ1) is 8.60. The molecule has 2 nitrogen and oxygen atoms in total. The molecule has 0 aromatic heterocycles. The van der Waals surface area contributed by atoms with E-state index in [-0.39, 0.29) is 5.60 Å². The van der Waals surface area contributed by atoms with Crippen LogP contribution in [0.15, 0.2) is 0 Å². The molecule has 104 valence electrons. The van der Waals surface area contributed by atoms with Gasteiger partial charge in [-0.1, -0.05) is 32.1 Å². The van der Waals surface area contributed by atoms with Crippen LogP contribution in [-0.4, -0.2) is 22.9 Å². The highest BCUT2D eigenvalue weighted by molar-refractivity contribution is 4.97. The quantitative estimate of drug-likeness (QED) is 0.830. The fourth-order valence-corrected chi connectivity index (χ4v) is 4.37. The molecule has 0 aromatic carbocycles. The smallest absolute Gasteiger partial charge is 0.0686 e. The first kappa shape index (κ1) is 12.9. The van der Waals surface area contributed by atoms with Crippen LogP contribution in [0.5, 0.6) is 0 Å². The van der Waals surface area contributed by atoms with Crippen LogP contribution in [0, 0.1) is 11.8 Å². The zero-order valence-corrected chi connectivity index (χ0v) is 11.8. The zero-order chi connectivity index (χ0) is 12.6. The molecule has 3 rings (SSSR count). The Morgan fingerprint density at radius 2 is 1.89 bits per heavy atom. The van der Waals surface area contributed by atoms with E-state index in [2.05, 4.69) is 6.92 Å². The number of rotatable bonds is 3. The molecular weight excluding hydrogens is 224 g/mol. The van der Waals surface area contributed by atoms with Gasteiger partial charge in [-0.25, -0.2) is 0 Å². The molecule has 1 heterocycles.